The van der Waals surface area contributed by atoms with E-state index < -0.39 is 0 Å². The summed E-state index contributed by atoms with van der Waals surface area (Å²) in [6, 6.07) is 4.78. The monoisotopic (exact) mass is 248 g/mol. The van der Waals surface area contributed by atoms with Crippen molar-refractivity contribution in [1.82, 2.24) is 15.5 Å². The third-order valence-corrected chi connectivity index (χ3v) is 3.44. The zero-order valence-corrected chi connectivity index (χ0v) is 11.3. The Bertz CT molecular complexity index is 330. The van der Waals surface area contributed by atoms with Gasteiger partial charge in [0.05, 0.1) is 5.69 Å². The molecule has 2 N–H and O–H groups in total. The van der Waals surface area contributed by atoms with Gasteiger partial charge in [0, 0.05) is 12.6 Å². The zero-order valence-electron chi connectivity index (χ0n) is 11.3. The lowest BCUT2D eigenvalue weighted by Gasteiger charge is -2.23. The van der Waals surface area contributed by atoms with Crippen LogP contribution in [0, 0.1) is 0 Å². The van der Waals surface area contributed by atoms with Crippen molar-refractivity contribution in [3.63, 3.8) is 0 Å². The molecule has 1 aromatic heterocycles. The molecule has 0 bridgehead atoms. The topological polar surface area (TPSA) is 49.8 Å². The summed E-state index contributed by atoms with van der Waals surface area (Å²) in [6.45, 7) is 4.31. The molecule has 1 unspecified atom stereocenters. The minimum atomic E-state index is 0.679. The highest BCUT2D eigenvalue weighted by molar-refractivity contribution is 5.32. The van der Waals surface area contributed by atoms with Crippen molar-refractivity contribution in [3.05, 3.63) is 17.8 Å². The molecule has 0 aliphatic carbocycles. The second-order valence-electron chi connectivity index (χ2n) is 5.02. The maximum atomic E-state index is 4.21. The first-order valence-electron chi connectivity index (χ1n) is 7.18. The van der Waals surface area contributed by atoms with E-state index >= 15 is 0 Å². The van der Waals surface area contributed by atoms with Gasteiger partial charge in [-0.2, -0.15) is 5.10 Å². The summed E-state index contributed by atoms with van der Waals surface area (Å²) in [5, 5.41) is 15.3. The number of aromatic nitrogens is 2. The fourth-order valence-corrected chi connectivity index (χ4v) is 2.39. The Kier molecular flexibility index (Phi) is 5.39. The van der Waals surface area contributed by atoms with Crippen LogP contribution in [0.5, 0.6) is 0 Å². The van der Waals surface area contributed by atoms with E-state index in [2.05, 4.69) is 33.8 Å². The van der Waals surface area contributed by atoms with Gasteiger partial charge < -0.3 is 10.6 Å². The van der Waals surface area contributed by atoms with Crippen molar-refractivity contribution in [3.8, 4) is 0 Å². The average Bonchev–Trinajstić information content (AvgIpc) is 2.42. The maximum absolute atomic E-state index is 4.21. The molecule has 2 rings (SSSR count). The molecule has 0 aromatic carbocycles. The molecule has 1 atom stereocenters. The van der Waals surface area contributed by atoms with E-state index in [-0.39, 0.29) is 0 Å². The van der Waals surface area contributed by atoms with Gasteiger partial charge in [0.2, 0.25) is 0 Å². The van der Waals surface area contributed by atoms with Crippen molar-refractivity contribution in [2.45, 2.75) is 51.5 Å². The minimum Gasteiger partial charge on any atom is -0.369 e. The molecule has 100 valence electrons. The number of nitrogens with zero attached hydrogens (tertiary/aromatic N) is 2. The lowest BCUT2D eigenvalue weighted by molar-refractivity contribution is 0.389. The molecule has 0 radical (unpaired) electrons. The van der Waals surface area contributed by atoms with E-state index in [1.54, 1.807) is 0 Å². The molecule has 1 saturated heterocycles. The Morgan fingerprint density at radius 3 is 2.94 bits per heavy atom. The molecule has 0 amide bonds. The van der Waals surface area contributed by atoms with Gasteiger partial charge in [0.15, 0.2) is 0 Å². The summed E-state index contributed by atoms with van der Waals surface area (Å²) in [6.07, 6.45) is 7.30. The van der Waals surface area contributed by atoms with E-state index in [0.717, 1.165) is 30.9 Å². The molecule has 1 fully saturated rings. The summed E-state index contributed by atoms with van der Waals surface area (Å²) >= 11 is 0. The van der Waals surface area contributed by atoms with Gasteiger partial charge in [-0.05, 0) is 44.4 Å². The van der Waals surface area contributed by atoms with Crippen molar-refractivity contribution in [2.24, 2.45) is 0 Å². The van der Waals surface area contributed by atoms with Crippen LogP contribution < -0.4 is 10.6 Å². The first kappa shape index (κ1) is 13.3. The van der Waals surface area contributed by atoms with Crippen LogP contribution in [-0.2, 0) is 6.42 Å². The van der Waals surface area contributed by atoms with Crippen LogP contribution in [-0.4, -0.2) is 29.3 Å². The average molecular weight is 248 g/mol. The molecule has 1 aliphatic heterocycles. The molecule has 4 heteroatoms. The Morgan fingerprint density at radius 1 is 1.33 bits per heavy atom. The molecule has 1 aromatic rings. The van der Waals surface area contributed by atoms with E-state index in [9.17, 15) is 0 Å². The third kappa shape index (κ3) is 4.26. The van der Waals surface area contributed by atoms with Crippen molar-refractivity contribution in [1.29, 1.82) is 0 Å². The second kappa shape index (κ2) is 7.31. The van der Waals surface area contributed by atoms with Gasteiger partial charge in [-0.15, -0.1) is 5.10 Å². The maximum Gasteiger partial charge on any atom is 0.148 e. The summed E-state index contributed by atoms with van der Waals surface area (Å²) in [7, 11) is 0. The number of aryl methyl sites for hydroxylation is 1. The molecular weight excluding hydrogens is 224 g/mol. The van der Waals surface area contributed by atoms with Gasteiger partial charge in [-0.25, -0.2) is 0 Å². The van der Waals surface area contributed by atoms with Crippen LogP contribution in [0.15, 0.2) is 12.1 Å². The summed E-state index contributed by atoms with van der Waals surface area (Å²) in [4.78, 5) is 0. The van der Waals surface area contributed by atoms with Gasteiger partial charge in [-0.1, -0.05) is 19.8 Å². The largest absolute Gasteiger partial charge is 0.369 e. The van der Waals surface area contributed by atoms with Gasteiger partial charge in [-0.3, -0.25) is 0 Å². The first-order chi connectivity index (χ1) is 8.88. The number of hydrogen-bond donors (Lipinski definition) is 2. The van der Waals surface area contributed by atoms with Gasteiger partial charge in [0.25, 0.3) is 0 Å². The Hall–Kier alpha value is -1.16. The molecule has 1 aliphatic rings. The highest BCUT2D eigenvalue weighted by Crippen LogP contribution is 2.10. The molecule has 18 heavy (non-hydrogen) atoms. The highest BCUT2D eigenvalue weighted by atomic mass is 15.2. The Morgan fingerprint density at radius 2 is 2.28 bits per heavy atom. The smallest absolute Gasteiger partial charge is 0.148 e. The molecule has 0 spiro atoms. The minimum absolute atomic E-state index is 0.679. The first-order valence-corrected chi connectivity index (χ1v) is 7.18. The Balaban J connectivity index is 1.69. The summed E-state index contributed by atoms with van der Waals surface area (Å²) in [5.74, 6) is 0.894. The van der Waals surface area contributed by atoms with E-state index in [4.69, 9.17) is 0 Å². The molecule has 4 nitrogen and oxygen atoms in total. The number of rotatable bonds is 6. The third-order valence-electron chi connectivity index (χ3n) is 3.44. The van der Waals surface area contributed by atoms with Crippen LogP contribution >= 0.6 is 0 Å². The molecule has 0 saturated carbocycles. The standard InChI is InChI=1S/C14H24N4/c1-2-5-13-7-8-14(18-17-13)16-11-9-12-6-3-4-10-15-12/h7-8,12,15H,2-6,9-11H2,1H3,(H,16,18). The normalized spacial score (nSPS) is 19.7. The lowest BCUT2D eigenvalue weighted by atomic mass is 10.0. The fourth-order valence-electron chi connectivity index (χ4n) is 2.39. The van der Waals surface area contributed by atoms with Crippen LogP contribution in [0.4, 0.5) is 5.82 Å². The number of piperidine rings is 1. The number of anilines is 1. The Labute approximate surface area is 110 Å². The summed E-state index contributed by atoms with van der Waals surface area (Å²) in [5.41, 5.74) is 1.08. The fraction of sp³-hybridized carbons (Fsp3) is 0.714. The highest BCUT2D eigenvalue weighted by Gasteiger charge is 2.11. The van der Waals surface area contributed by atoms with Crippen molar-refractivity contribution >= 4 is 5.82 Å². The van der Waals surface area contributed by atoms with E-state index in [1.165, 1.54) is 32.2 Å². The van der Waals surface area contributed by atoms with Crippen molar-refractivity contribution in [2.75, 3.05) is 18.4 Å². The predicted octanol–water partition coefficient (Wildman–Crippen LogP) is 2.37. The van der Waals surface area contributed by atoms with Crippen LogP contribution in [0.3, 0.4) is 0 Å². The van der Waals surface area contributed by atoms with Crippen LogP contribution in [0.1, 0.15) is 44.7 Å². The number of nitrogens with one attached hydrogen (secondary N) is 2. The van der Waals surface area contributed by atoms with E-state index in [1.807, 2.05) is 6.07 Å². The lowest BCUT2D eigenvalue weighted by Crippen LogP contribution is -2.35. The number of hydrogen-bond acceptors (Lipinski definition) is 4. The van der Waals surface area contributed by atoms with Crippen LogP contribution in [0.2, 0.25) is 0 Å². The second-order valence-corrected chi connectivity index (χ2v) is 5.02. The van der Waals surface area contributed by atoms with Gasteiger partial charge in [0.1, 0.15) is 5.82 Å². The predicted molar refractivity (Wildman–Crippen MR) is 74.8 cm³/mol. The van der Waals surface area contributed by atoms with Crippen LogP contribution in [0.25, 0.3) is 0 Å². The van der Waals surface area contributed by atoms with E-state index in [0.29, 0.717) is 6.04 Å². The molecule has 2 heterocycles. The van der Waals surface area contributed by atoms with Gasteiger partial charge >= 0.3 is 0 Å². The SMILES string of the molecule is CCCc1ccc(NCCC2CCCCN2)nn1. The quantitative estimate of drug-likeness (QED) is 0.811. The summed E-state index contributed by atoms with van der Waals surface area (Å²) < 4.78 is 0. The zero-order chi connectivity index (χ0) is 12.6. The van der Waals surface area contributed by atoms with Crippen molar-refractivity contribution < 1.29 is 0 Å². The molecular formula is C14H24N4.